The van der Waals surface area contributed by atoms with Crippen molar-refractivity contribution in [3.05, 3.63) is 58.1 Å². The zero-order valence-electron chi connectivity index (χ0n) is 16.1. The van der Waals surface area contributed by atoms with E-state index in [1.54, 1.807) is 30.3 Å². The molecule has 2 atom stereocenters. The minimum atomic E-state index is -3.69. The average molecular weight is 442 g/mol. The Labute approximate surface area is 176 Å². The summed E-state index contributed by atoms with van der Waals surface area (Å²) in [5.74, 6) is -1.43. The van der Waals surface area contributed by atoms with Gasteiger partial charge >= 0.3 is 0 Å². The van der Waals surface area contributed by atoms with Gasteiger partial charge in [-0.1, -0.05) is 48.5 Å². The van der Waals surface area contributed by atoms with Crippen molar-refractivity contribution in [3.63, 3.8) is 0 Å². The maximum atomic E-state index is 14.2. The van der Waals surface area contributed by atoms with E-state index in [1.165, 1.54) is 0 Å². The summed E-state index contributed by atoms with van der Waals surface area (Å²) in [6.07, 6.45) is 4.75. The van der Waals surface area contributed by atoms with Crippen LogP contribution in [0.1, 0.15) is 43.5 Å². The lowest BCUT2D eigenvalue weighted by Crippen LogP contribution is -2.23. The Morgan fingerprint density at radius 2 is 1.61 bits per heavy atom. The lowest BCUT2D eigenvalue weighted by atomic mass is 9.98. The van der Waals surface area contributed by atoms with E-state index in [2.05, 4.69) is 0 Å². The Balaban J connectivity index is 2.04. The van der Waals surface area contributed by atoms with Crippen molar-refractivity contribution in [2.75, 3.05) is 19.0 Å². The summed E-state index contributed by atoms with van der Waals surface area (Å²) < 4.78 is 20.3. The fraction of sp³-hybridized carbons (Fsp3) is 0.429. The Hall–Kier alpha value is -1.03. The molecule has 3 rings (SSSR count). The molecule has 1 aliphatic carbocycles. The summed E-state index contributed by atoms with van der Waals surface area (Å²) in [4.78, 5) is 1.96. The molecule has 1 fully saturated rings. The monoisotopic (exact) mass is 441 g/mol. The molecular formula is C21H26Cl2NO3P. The van der Waals surface area contributed by atoms with E-state index in [-0.39, 0.29) is 21.7 Å². The Morgan fingerprint density at radius 3 is 2.14 bits per heavy atom. The van der Waals surface area contributed by atoms with Crippen LogP contribution in [-0.2, 0) is 9.09 Å². The molecule has 28 heavy (non-hydrogen) atoms. The molecule has 0 aliphatic heterocycles. The molecule has 0 amide bonds. The third-order valence-corrected chi connectivity index (χ3v) is 8.35. The lowest BCUT2D eigenvalue weighted by Gasteiger charge is -2.31. The molecule has 1 saturated carbocycles. The zero-order chi connectivity index (χ0) is 20.3. The third-order valence-electron chi connectivity index (χ3n) is 5.16. The summed E-state index contributed by atoms with van der Waals surface area (Å²) in [5, 5.41) is 12.2. The van der Waals surface area contributed by atoms with E-state index < -0.39 is 13.2 Å². The van der Waals surface area contributed by atoms with Crippen molar-refractivity contribution in [1.29, 1.82) is 0 Å². The van der Waals surface area contributed by atoms with Gasteiger partial charge in [0.1, 0.15) is 0 Å². The molecule has 1 N–H and O–H groups in total. The number of anilines is 1. The van der Waals surface area contributed by atoms with Gasteiger partial charge in [0.05, 0.1) is 6.10 Å². The van der Waals surface area contributed by atoms with Crippen LogP contribution in [0.25, 0.3) is 0 Å². The molecule has 0 unspecified atom stereocenters. The summed E-state index contributed by atoms with van der Waals surface area (Å²) in [6, 6.07) is 12.2. The zero-order valence-corrected chi connectivity index (χ0v) is 18.6. The molecule has 2 aromatic carbocycles. The van der Waals surface area contributed by atoms with Crippen LogP contribution in [0.3, 0.4) is 0 Å². The van der Waals surface area contributed by atoms with Gasteiger partial charge in [-0.3, -0.25) is 4.57 Å². The molecule has 0 saturated heterocycles. The van der Waals surface area contributed by atoms with Crippen LogP contribution in [0.2, 0.25) is 10.0 Å². The van der Waals surface area contributed by atoms with Crippen LogP contribution >= 0.6 is 30.6 Å². The number of benzene rings is 2. The first kappa shape index (κ1) is 21.7. The Kier molecular flexibility index (Phi) is 7.12. The summed E-state index contributed by atoms with van der Waals surface area (Å²) in [6.45, 7) is 0. The number of rotatable bonds is 6. The highest BCUT2D eigenvalue weighted by Gasteiger charge is 2.40. The van der Waals surface area contributed by atoms with Crippen LogP contribution in [0.15, 0.2) is 42.5 Å². The fourth-order valence-electron chi connectivity index (χ4n) is 3.54. The standard InChI is InChI=1S/C21H26Cl2NO3P/c1-24(2)15-11-13-17(14-12-15)28(26,27-16-7-4-3-5-8-16)21(25)20-18(22)9-6-10-19(20)23/h6,9-14,16,21,25H,3-5,7-8H2,1-2H3/t21-,28+/m1/s1. The van der Waals surface area contributed by atoms with Crippen LogP contribution in [0.4, 0.5) is 5.69 Å². The molecule has 0 radical (unpaired) electrons. The summed E-state index contributed by atoms with van der Waals surface area (Å²) in [5.41, 5.74) is 1.22. The van der Waals surface area contributed by atoms with Gasteiger partial charge in [0.2, 0.25) is 0 Å². The van der Waals surface area contributed by atoms with Gasteiger partial charge in [0, 0.05) is 40.7 Å². The minimum absolute atomic E-state index is 0.149. The highest BCUT2D eigenvalue weighted by Crippen LogP contribution is 2.61. The van der Waals surface area contributed by atoms with Crippen LogP contribution in [-0.4, -0.2) is 25.3 Å². The molecule has 0 heterocycles. The highest BCUT2D eigenvalue weighted by atomic mass is 35.5. The quantitative estimate of drug-likeness (QED) is 0.558. The van der Waals surface area contributed by atoms with Crippen molar-refractivity contribution in [2.24, 2.45) is 0 Å². The smallest absolute Gasteiger partial charge is 0.264 e. The first-order valence-electron chi connectivity index (χ1n) is 9.51. The lowest BCUT2D eigenvalue weighted by molar-refractivity contribution is 0.137. The number of hydrogen-bond donors (Lipinski definition) is 1. The van der Waals surface area contributed by atoms with E-state index >= 15 is 0 Å². The highest BCUT2D eigenvalue weighted by molar-refractivity contribution is 7.67. The van der Waals surface area contributed by atoms with Crippen molar-refractivity contribution in [3.8, 4) is 0 Å². The molecule has 4 nitrogen and oxygen atoms in total. The van der Waals surface area contributed by atoms with Gasteiger partial charge in [0.15, 0.2) is 5.85 Å². The maximum Gasteiger partial charge on any atom is 0.264 e. The van der Waals surface area contributed by atoms with Gasteiger partial charge in [-0.2, -0.15) is 0 Å². The Morgan fingerprint density at radius 1 is 1.04 bits per heavy atom. The molecular weight excluding hydrogens is 416 g/mol. The van der Waals surface area contributed by atoms with Crippen molar-refractivity contribution >= 4 is 41.6 Å². The summed E-state index contributed by atoms with van der Waals surface area (Å²) >= 11 is 12.6. The summed E-state index contributed by atoms with van der Waals surface area (Å²) in [7, 11) is 0.183. The predicted molar refractivity (Wildman–Crippen MR) is 117 cm³/mol. The van der Waals surface area contributed by atoms with Crippen LogP contribution in [0, 0.1) is 0 Å². The van der Waals surface area contributed by atoms with Crippen molar-refractivity contribution in [1.82, 2.24) is 0 Å². The predicted octanol–water partition coefficient (Wildman–Crippen LogP) is 6.00. The van der Waals surface area contributed by atoms with Crippen LogP contribution in [0.5, 0.6) is 0 Å². The molecule has 2 aromatic rings. The average Bonchev–Trinajstić information content (AvgIpc) is 2.68. The second-order valence-electron chi connectivity index (χ2n) is 7.38. The number of halogens is 2. The molecule has 7 heteroatoms. The van der Waals surface area contributed by atoms with Crippen LogP contribution < -0.4 is 10.2 Å². The normalized spacial score (nSPS) is 18.5. The van der Waals surface area contributed by atoms with Gasteiger partial charge in [-0.25, -0.2) is 0 Å². The Bertz CT molecular complexity index is 831. The van der Waals surface area contributed by atoms with Crippen molar-refractivity contribution in [2.45, 2.75) is 44.1 Å². The number of aliphatic hydroxyl groups is 1. The molecule has 0 bridgehead atoms. The SMILES string of the molecule is CN(C)c1ccc([P@](=O)(OC2CCCCC2)[C@@H](O)c2c(Cl)cccc2Cl)cc1. The van der Waals surface area contributed by atoms with Gasteiger partial charge in [-0.05, 0) is 49.2 Å². The van der Waals surface area contributed by atoms with E-state index in [0.29, 0.717) is 5.30 Å². The minimum Gasteiger partial charge on any atom is -0.378 e. The first-order chi connectivity index (χ1) is 13.3. The largest absolute Gasteiger partial charge is 0.378 e. The fourth-order valence-corrected chi connectivity index (χ4v) is 6.65. The van der Waals surface area contributed by atoms with E-state index in [9.17, 15) is 9.67 Å². The number of nitrogens with zero attached hydrogens (tertiary/aromatic N) is 1. The first-order valence-corrected chi connectivity index (χ1v) is 12.0. The molecule has 0 spiro atoms. The second kappa shape index (κ2) is 9.19. The molecule has 0 aromatic heterocycles. The second-order valence-corrected chi connectivity index (χ2v) is 10.6. The molecule has 1 aliphatic rings. The van der Waals surface area contributed by atoms with Gasteiger partial charge in [0.25, 0.3) is 7.37 Å². The van der Waals surface area contributed by atoms with E-state index in [1.807, 2.05) is 31.1 Å². The van der Waals surface area contributed by atoms with Gasteiger partial charge in [-0.15, -0.1) is 0 Å². The molecule has 152 valence electrons. The van der Waals surface area contributed by atoms with Crippen molar-refractivity contribution < 1.29 is 14.2 Å². The number of hydrogen-bond acceptors (Lipinski definition) is 4. The number of aliphatic hydroxyl groups excluding tert-OH is 1. The maximum absolute atomic E-state index is 14.2. The van der Waals surface area contributed by atoms with E-state index in [0.717, 1.165) is 37.8 Å². The van der Waals surface area contributed by atoms with Gasteiger partial charge < -0.3 is 14.5 Å². The van der Waals surface area contributed by atoms with E-state index in [4.69, 9.17) is 27.7 Å². The third kappa shape index (κ3) is 4.58. The topological polar surface area (TPSA) is 49.8 Å².